The number of hydrogen-bond donors (Lipinski definition) is 1. The first-order valence-corrected chi connectivity index (χ1v) is 6.31. The summed E-state index contributed by atoms with van der Waals surface area (Å²) in [6.07, 6.45) is 1.32. The standard InChI is InChI=1S/C17H13NO3/c18-11-15(17(19)20)9-14-7-4-8-16(10-14)21-12-13-5-2-1-3-6-13/h1-10H,12H2,(H,19,20). The lowest BCUT2D eigenvalue weighted by molar-refractivity contribution is -0.132. The lowest BCUT2D eigenvalue weighted by Gasteiger charge is -2.07. The Morgan fingerprint density at radius 3 is 2.62 bits per heavy atom. The van der Waals surface area contributed by atoms with E-state index in [9.17, 15) is 4.79 Å². The Balaban J connectivity index is 2.11. The van der Waals surface area contributed by atoms with E-state index in [1.807, 2.05) is 30.3 Å². The molecule has 2 aromatic rings. The normalized spacial score (nSPS) is 10.7. The molecule has 0 bridgehead atoms. The predicted molar refractivity (Wildman–Crippen MR) is 78.4 cm³/mol. The minimum atomic E-state index is -1.24. The van der Waals surface area contributed by atoms with Gasteiger partial charge in [0.25, 0.3) is 0 Å². The van der Waals surface area contributed by atoms with Crippen LogP contribution >= 0.6 is 0 Å². The molecule has 0 fully saturated rings. The summed E-state index contributed by atoms with van der Waals surface area (Å²) in [6, 6.07) is 18.3. The Kier molecular flexibility index (Phi) is 4.73. The van der Waals surface area contributed by atoms with Crippen molar-refractivity contribution in [3.8, 4) is 11.8 Å². The summed E-state index contributed by atoms with van der Waals surface area (Å²) in [7, 11) is 0. The van der Waals surface area contributed by atoms with Gasteiger partial charge in [0.15, 0.2) is 0 Å². The zero-order valence-corrected chi connectivity index (χ0v) is 11.2. The highest BCUT2D eigenvalue weighted by Gasteiger charge is 2.06. The lowest BCUT2D eigenvalue weighted by atomic mass is 10.1. The first-order chi connectivity index (χ1) is 10.2. The average molecular weight is 279 g/mol. The van der Waals surface area contributed by atoms with Gasteiger partial charge in [-0.15, -0.1) is 0 Å². The van der Waals surface area contributed by atoms with Crippen LogP contribution in [0.25, 0.3) is 6.08 Å². The summed E-state index contributed by atoms with van der Waals surface area (Å²) >= 11 is 0. The molecule has 1 N–H and O–H groups in total. The average Bonchev–Trinajstić information content (AvgIpc) is 2.52. The minimum Gasteiger partial charge on any atom is -0.489 e. The van der Waals surface area contributed by atoms with Crippen molar-refractivity contribution in [2.75, 3.05) is 0 Å². The number of carbonyl (C=O) groups is 1. The fraction of sp³-hybridized carbons (Fsp3) is 0.0588. The highest BCUT2D eigenvalue weighted by Crippen LogP contribution is 2.17. The summed E-state index contributed by atoms with van der Waals surface area (Å²) in [4.78, 5) is 10.8. The molecular formula is C17H13NO3. The van der Waals surface area contributed by atoms with Crippen LogP contribution in [0, 0.1) is 11.3 Å². The van der Waals surface area contributed by atoms with E-state index in [0.29, 0.717) is 17.9 Å². The number of rotatable bonds is 5. The highest BCUT2D eigenvalue weighted by molar-refractivity contribution is 5.96. The molecule has 0 aromatic heterocycles. The maximum Gasteiger partial charge on any atom is 0.346 e. The maximum absolute atomic E-state index is 10.8. The van der Waals surface area contributed by atoms with Crippen LogP contribution in [0.2, 0.25) is 0 Å². The molecule has 0 aliphatic carbocycles. The van der Waals surface area contributed by atoms with Crippen LogP contribution in [0.3, 0.4) is 0 Å². The number of nitriles is 1. The van der Waals surface area contributed by atoms with Crippen LogP contribution in [0.5, 0.6) is 5.75 Å². The quantitative estimate of drug-likeness (QED) is 0.673. The van der Waals surface area contributed by atoms with Crippen molar-refractivity contribution in [3.05, 3.63) is 71.3 Å². The second-order valence-corrected chi connectivity index (χ2v) is 4.32. The zero-order valence-electron chi connectivity index (χ0n) is 11.2. The molecule has 4 heteroatoms. The highest BCUT2D eigenvalue weighted by atomic mass is 16.5. The van der Waals surface area contributed by atoms with E-state index in [1.54, 1.807) is 30.3 Å². The molecule has 21 heavy (non-hydrogen) atoms. The van der Waals surface area contributed by atoms with Crippen molar-refractivity contribution < 1.29 is 14.6 Å². The molecule has 0 spiro atoms. The number of benzene rings is 2. The molecule has 0 saturated heterocycles. The second-order valence-electron chi connectivity index (χ2n) is 4.32. The van der Waals surface area contributed by atoms with E-state index in [1.165, 1.54) is 6.08 Å². The van der Waals surface area contributed by atoms with Gasteiger partial charge < -0.3 is 9.84 Å². The van der Waals surface area contributed by atoms with Crippen molar-refractivity contribution in [1.29, 1.82) is 5.26 Å². The molecule has 0 heterocycles. The van der Waals surface area contributed by atoms with Crippen LogP contribution in [-0.4, -0.2) is 11.1 Å². The summed E-state index contributed by atoms with van der Waals surface area (Å²) in [5.74, 6) is -0.622. The molecule has 0 aliphatic heterocycles. The summed E-state index contributed by atoms with van der Waals surface area (Å²) in [6.45, 7) is 0.429. The maximum atomic E-state index is 10.8. The molecule has 0 atom stereocenters. The number of nitrogens with zero attached hydrogens (tertiary/aromatic N) is 1. The third-order valence-electron chi connectivity index (χ3n) is 2.77. The third kappa shape index (κ3) is 4.22. The smallest absolute Gasteiger partial charge is 0.346 e. The van der Waals surface area contributed by atoms with Crippen LogP contribution in [-0.2, 0) is 11.4 Å². The zero-order chi connectivity index (χ0) is 15.1. The largest absolute Gasteiger partial charge is 0.489 e. The Hall–Kier alpha value is -3.06. The fourth-order valence-electron chi connectivity index (χ4n) is 1.74. The van der Waals surface area contributed by atoms with Crippen molar-refractivity contribution in [2.45, 2.75) is 6.61 Å². The Labute approximate surface area is 122 Å². The van der Waals surface area contributed by atoms with Gasteiger partial charge in [-0.2, -0.15) is 5.26 Å². The van der Waals surface area contributed by atoms with Gasteiger partial charge in [0.1, 0.15) is 24.0 Å². The number of carboxylic acid groups (broad SMARTS) is 1. The first kappa shape index (κ1) is 14.4. The van der Waals surface area contributed by atoms with Gasteiger partial charge in [0.05, 0.1) is 0 Å². The lowest BCUT2D eigenvalue weighted by Crippen LogP contribution is -1.98. The number of aliphatic carboxylic acids is 1. The number of ether oxygens (including phenoxy) is 1. The fourth-order valence-corrected chi connectivity index (χ4v) is 1.74. The molecular weight excluding hydrogens is 266 g/mol. The Morgan fingerprint density at radius 1 is 1.19 bits per heavy atom. The van der Waals surface area contributed by atoms with E-state index >= 15 is 0 Å². The monoisotopic (exact) mass is 279 g/mol. The van der Waals surface area contributed by atoms with Crippen LogP contribution < -0.4 is 4.74 Å². The number of carboxylic acids is 1. The SMILES string of the molecule is N#CC(=Cc1cccc(OCc2ccccc2)c1)C(=O)O. The van der Waals surface area contributed by atoms with E-state index in [2.05, 4.69) is 0 Å². The molecule has 104 valence electrons. The second kappa shape index (κ2) is 6.92. The topological polar surface area (TPSA) is 70.3 Å². The third-order valence-corrected chi connectivity index (χ3v) is 2.77. The molecule has 0 aliphatic rings. The van der Waals surface area contributed by atoms with Gasteiger partial charge in [-0.25, -0.2) is 4.79 Å². The van der Waals surface area contributed by atoms with Crippen molar-refractivity contribution in [3.63, 3.8) is 0 Å². The van der Waals surface area contributed by atoms with Gasteiger partial charge in [0, 0.05) is 0 Å². The van der Waals surface area contributed by atoms with Crippen molar-refractivity contribution >= 4 is 12.0 Å². The molecule has 0 unspecified atom stereocenters. The van der Waals surface area contributed by atoms with Gasteiger partial charge >= 0.3 is 5.97 Å². The van der Waals surface area contributed by atoms with Gasteiger partial charge in [-0.1, -0.05) is 42.5 Å². The van der Waals surface area contributed by atoms with E-state index in [0.717, 1.165) is 5.56 Å². The molecule has 0 saturated carbocycles. The van der Waals surface area contributed by atoms with Gasteiger partial charge in [-0.05, 0) is 29.3 Å². The van der Waals surface area contributed by atoms with E-state index in [4.69, 9.17) is 15.1 Å². The first-order valence-electron chi connectivity index (χ1n) is 6.31. The Bertz CT molecular complexity index is 699. The van der Waals surface area contributed by atoms with Gasteiger partial charge in [-0.3, -0.25) is 0 Å². The van der Waals surface area contributed by atoms with E-state index < -0.39 is 5.97 Å². The van der Waals surface area contributed by atoms with Crippen LogP contribution in [0.15, 0.2) is 60.2 Å². The van der Waals surface area contributed by atoms with Crippen LogP contribution in [0.1, 0.15) is 11.1 Å². The Morgan fingerprint density at radius 2 is 1.95 bits per heavy atom. The van der Waals surface area contributed by atoms with E-state index in [-0.39, 0.29) is 5.57 Å². The molecule has 2 rings (SSSR count). The summed E-state index contributed by atoms with van der Waals surface area (Å²) < 4.78 is 5.65. The van der Waals surface area contributed by atoms with Gasteiger partial charge in [0.2, 0.25) is 0 Å². The molecule has 2 aromatic carbocycles. The predicted octanol–water partition coefficient (Wildman–Crippen LogP) is 3.26. The van der Waals surface area contributed by atoms with Crippen molar-refractivity contribution in [2.24, 2.45) is 0 Å². The molecule has 0 amide bonds. The minimum absolute atomic E-state index is 0.310. The summed E-state index contributed by atoms with van der Waals surface area (Å²) in [5.41, 5.74) is 1.34. The summed E-state index contributed by atoms with van der Waals surface area (Å²) in [5, 5.41) is 17.6. The number of hydrogen-bond acceptors (Lipinski definition) is 3. The molecule has 4 nitrogen and oxygen atoms in total. The van der Waals surface area contributed by atoms with Crippen LogP contribution in [0.4, 0.5) is 0 Å². The van der Waals surface area contributed by atoms with Crippen molar-refractivity contribution in [1.82, 2.24) is 0 Å². The molecule has 0 radical (unpaired) electrons.